The first kappa shape index (κ1) is 26.4. The van der Waals surface area contributed by atoms with Gasteiger partial charge < -0.3 is 35.0 Å². The van der Waals surface area contributed by atoms with E-state index in [0.717, 1.165) is 56.7 Å². The fraction of sp³-hybridized carbons (Fsp3) is 0.586. The molecule has 41 heavy (non-hydrogen) atoms. The average Bonchev–Trinajstić information content (AvgIpc) is 3.52. The quantitative estimate of drug-likeness (QED) is 0.422. The lowest BCUT2D eigenvalue weighted by Gasteiger charge is -2.47. The van der Waals surface area contributed by atoms with Crippen LogP contribution >= 0.6 is 0 Å². The van der Waals surface area contributed by atoms with Crippen molar-refractivity contribution in [2.45, 2.75) is 63.5 Å². The zero-order valence-electron chi connectivity index (χ0n) is 23.6. The van der Waals surface area contributed by atoms with Crippen LogP contribution in [0.2, 0.25) is 0 Å². The number of hydrogen-bond donors (Lipinski definition) is 3. The van der Waals surface area contributed by atoms with Crippen molar-refractivity contribution >= 4 is 34.2 Å². The number of aliphatic hydroxyl groups excluding tert-OH is 1. The van der Waals surface area contributed by atoms with Gasteiger partial charge in [-0.3, -0.25) is 5.10 Å². The molecule has 1 aromatic carbocycles. The summed E-state index contributed by atoms with van der Waals surface area (Å²) in [6.45, 7) is 5.58. The maximum absolute atomic E-state index is 10.4. The van der Waals surface area contributed by atoms with Crippen LogP contribution in [0.1, 0.15) is 43.9 Å². The van der Waals surface area contributed by atoms with E-state index >= 15 is 0 Å². The number of H-pyrrole nitrogens is 1. The second-order valence-corrected chi connectivity index (χ2v) is 11.9. The van der Waals surface area contributed by atoms with Crippen molar-refractivity contribution in [1.29, 1.82) is 5.26 Å². The van der Waals surface area contributed by atoms with E-state index < -0.39 is 0 Å². The molecule has 0 bridgehead atoms. The van der Waals surface area contributed by atoms with Crippen LogP contribution in [0.25, 0.3) is 11.2 Å². The Morgan fingerprint density at radius 3 is 2.66 bits per heavy atom. The Balaban J connectivity index is 1.19. The van der Waals surface area contributed by atoms with Crippen molar-refractivity contribution in [3.63, 3.8) is 0 Å². The lowest BCUT2D eigenvalue weighted by molar-refractivity contribution is 0.0253. The number of ether oxygens (including phenoxy) is 2. The van der Waals surface area contributed by atoms with Crippen molar-refractivity contribution in [2.75, 3.05) is 54.6 Å². The third-order valence-corrected chi connectivity index (χ3v) is 9.85. The molecule has 3 aliphatic heterocycles. The number of nitriles is 1. The van der Waals surface area contributed by atoms with Crippen LogP contribution in [0.3, 0.4) is 0 Å². The van der Waals surface area contributed by atoms with E-state index in [9.17, 15) is 10.4 Å². The van der Waals surface area contributed by atoms with Gasteiger partial charge in [-0.1, -0.05) is 0 Å². The van der Waals surface area contributed by atoms with Gasteiger partial charge in [0.05, 0.1) is 48.4 Å². The molecule has 5 heterocycles. The Labute approximate surface area is 239 Å². The van der Waals surface area contributed by atoms with Gasteiger partial charge in [-0.05, 0) is 50.8 Å². The highest BCUT2D eigenvalue weighted by Crippen LogP contribution is 2.45. The molecule has 2 aromatic heterocycles. The fourth-order valence-electron chi connectivity index (χ4n) is 7.12. The first-order valence-corrected chi connectivity index (χ1v) is 14.5. The van der Waals surface area contributed by atoms with Gasteiger partial charge in [0, 0.05) is 50.8 Å². The zero-order chi connectivity index (χ0) is 28.3. The second kappa shape index (κ2) is 10.1. The molecule has 2 atom stereocenters. The molecule has 1 spiro atoms. The Bertz CT molecular complexity index is 1490. The van der Waals surface area contributed by atoms with Gasteiger partial charge in [0.15, 0.2) is 22.8 Å². The van der Waals surface area contributed by atoms with Crippen LogP contribution < -0.4 is 20.4 Å². The van der Waals surface area contributed by atoms with Gasteiger partial charge >= 0.3 is 0 Å². The summed E-state index contributed by atoms with van der Waals surface area (Å²) < 4.78 is 11.4. The van der Waals surface area contributed by atoms with E-state index in [1.54, 1.807) is 7.11 Å². The summed E-state index contributed by atoms with van der Waals surface area (Å²) in [5, 5.41) is 27.7. The molecule has 1 saturated carbocycles. The number of aromatic amines is 1. The number of aliphatic hydroxyl groups is 1. The molecule has 3 fully saturated rings. The maximum atomic E-state index is 10.4. The van der Waals surface area contributed by atoms with Crippen LogP contribution in [0.4, 0.5) is 23.0 Å². The predicted octanol–water partition coefficient (Wildman–Crippen LogP) is 2.18. The molecule has 0 unspecified atom stereocenters. The molecule has 3 aromatic rings. The molecule has 7 rings (SSSR count). The molecule has 4 N–H and O–H groups in total. The van der Waals surface area contributed by atoms with Crippen LogP contribution in [-0.4, -0.2) is 89.5 Å². The maximum Gasteiger partial charge on any atom is 0.183 e. The summed E-state index contributed by atoms with van der Waals surface area (Å²) in [7, 11) is 1.76. The molecular weight excluding hydrogens is 522 g/mol. The monoisotopic (exact) mass is 559 g/mol. The number of benzene rings is 1. The molecule has 0 radical (unpaired) electrons. The van der Waals surface area contributed by atoms with Crippen molar-refractivity contribution in [3.8, 4) is 6.07 Å². The Hall–Kier alpha value is -3.50. The summed E-state index contributed by atoms with van der Waals surface area (Å²) in [5.74, 6) is 1.36. The summed E-state index contributed by atoms with van der Waals surface area (Å²) in [5.41, 5.74) is 10.9. The average molecular weight is 560 g/mol. The topological polar surface area (TPSA) is 153 Å². The molecule has 1 aliphatic carbocycles. The summed E-state index contributed by atoms with van der Waals surface area (Å²) in [4.78, 5) is 16.6. The van der Waals surface area contributed by atoms with Crippen molar-refractivity contribution in [2.24, 2.45) is 11.1 Å². The lowest BCUT2D eigenvalue weighted by Crippen LogP contribution is -2.52. The number of anilines is 4. The number of methoxy groups -OCH3 is 1. The smallest absolute Gasteiger partial charge is 0.183 e. The Kier molecular flexibility index (Phi) is 6.50. The van der Waals surface area contributed by atoms with Gasteiger partial charge in [-0.15, -0.1) is 0 Å². The summed E-state index contributed by atoms with van der Waals surface area (Å²) >= 11 is 0. The van der Waals surface area contributed by atoms with Crippen molar-refractivity contribution in [1.82, 2.24) is 20.2 Å². The summed E-state index contributed by atoms with van der Waals surface area (Å²) in [6.07, 6.45) is 4.13. The number of rotatable bonds is 5. The van der Waals surface area contributed by atoms with Gasteiger partial charge in [0.25, 0.3) is 0 Å². The Morgan fingerprint density at radius 2 is 1.98 bits per heavy atom. The molecule has 12 nitrogen and oxygen atoms in total. The number of hydrogen-bond acceptors (Lipinski definition) is 11. The first-order chi connectivity index (χ1) is 19.9. The largest absolute Gasteiger partial charge is 0.390 e. The normalized spacial score (nSPS) is 27.2. The van der Waals surface area contributed by atoms with E-state index in [-0.39, 0.29) is 30.3 Å². The first-order valence-electron chi connectivity index (χ1n) is 14.5. The molecule has 12 heteroatoms. The number of fused-ring (bicyclic) bond motifs is 2. The highest BCUT2D eigenvalue weighted by molar-refractivity contribution is 5.91. The van der Waals surface area contributed by atoms with E-state index in [0.29, 0.717) is 53.3 Å². The highest BCUT2D eigenvalue weighted by Gasteiger charge is 2.48. The van der Waals surface area contributed by atoms with Crippen molar-refractivity contribution < 1.29 is 14.6 Å². The van der Waals surface area contributed by atoms with Gasteiger partial charge in [0.2, 0.25) is 0 Å². The minimum absolute atomic E-state index is 0.00111. The van der Waals surface area contributed by atoms with E-state index in [1.807, 2.05) is 18.2 Å². The zero-order valence-corrected chi connectivity index (χ0v) is 23.6. The van der Waals surface area contributed by atoms with Crippen LogP contribution in [0.15, 0.2) is 18.2 Å². The number of nitrogens with one attached hydrogen (secondary N) is 1. The minimum atomic E-state index is -0.220. The third kappa shape index (κ3) is 4.22. The number of nitrogens with two attached hydrogens (primary N) is 1. The fourth-order valence-corrected chi connectivity index (χ4v) is 7.12. The lowest BCUT2D eigenvalue weighted by atomic mass is 9.73. The minimum Gasteiger partial charge on any atom is -0.390 e. The van der Waals surface area contributed by atoms with Crippen LogP contribution in [0, 0.1) is 16.7 Å². The number of nitrogens with zero attached hydrogens (tertiary/aromatic N) is 7. The van der Waals surface area contributed by atoms with Gasteiger partial charge in [0.1, 0.15) is 5.69 Å². The van der Waals surface area contributed by atoms with Crippen molar-refractivity contribution in [3.05, 3.63) is 29.5 Å². The van der Waals surface area contributed by atoms with Crippen LogP contribution in [-0.2, 0) is 16.1 Å². The SMILES string of the molecule is COC1CC(N2CCN(c3n[nH]c4nc(N5CCC6(CC5)CO[C@@H](C)[C@H]6N)c(CO)nc34)c3ccc(C#N)cc32)C1. The van der Waals surface area contributed by atoms with Gasteiger partial charge in [-0.25, -0.2) is 9.97 Å². The molecular formula is C29H37N9O3. The predicted molar refractivity (Wildman–Crippen MR) is 154 cm³/mol. The van der Waals surface area contributed by atoms with Gasteiger partial charge in [-0.2, -0.15) is 10.4 Å². The highest BCUT2D eigenvalue weighted by atomic mass is 16.5. The van der Waals surface area contributed by atoms with Crippen LogP contribution in [0.5, 0.6) is 0 Å². The number of aromatic nitrogens is 4. The molecule has 2 saturated heterocycles. The third-order valence-electron chi connectivity index (χ3n) is 9.85. The van der Waals surface area contributed by atoms with E-state index in [2.05, 4.69) is 37.9 Å². The molecule has 0 amide bonds. The number of piperidine rings is 1. The standard InChI is InChI=1S/C29H37N9O3/c1-17-25(31)29(16-41-17)5-7-36(8-6-29)27-21(15-39)32-24-26(33-27)34-35-28(24)38-10-9-37(19-12-20(13-19)40-2)23-11-18(14-30)3-4-22(23)38/h3-4,11,17,19-20,25,39H,5-10,12-13,15-16,31H2,1-2H3,(H,33,34,35)/t17-,19?,20?,25+/m0/s1. The Morgan fingerprint density at radius 1 is 1.17 bits per heavy atom. The second-order valence-electron chi connectivity index (χ2n) is 11.9. The van der Waals surface area contributed by atoms with E-state index in [1.165, 1.54) is 0 Å². The molecule has 4 aliphatic rings. The summed E-state index contributed by atoms with van der Waals surface area (Å²) in [6, 6.07) is 8.49. The van der Waals surface area contributed by atoms with E-state index in [4.69, 9.17) is 25.2 Å². The molecule has 216 valence electrons.